The summed E-state index contributed by atoms with van der Waals surface area (Å²) in [6.45, 7) is 8.15. The van der Waals surface area contributed by atoms with Gasteiger partial charge in [0.25, 0.3) is 5.91 Å². The molecule has 0 atom stereocenters. The van der Waals surface area contributed by atoms with Crippen LogP contribution in [0.1, 0.15) is 26.0 Å². The van der Waals surface area contributed by atoms with E-state index in [0.717, 1.165) is 5.57 Å². The van der Waals surface area contributed by atoms with Crippen molar-refractivity contribution < 1.29 is 14.3 Å². The molecule has 8 nitrogen and oxygen atoms in total. The molecule has 0 unspecified atom stereocenters. The summed E-state index contributed by atoms with van der Waals surface area (Å²) in [5.41, 5.74) is 7.10. The summed E-state index contributed by atoms with van der Waals surface area (Å²) < 4.78 is 6.50. The van der Waals surface area contributed by atoms with E-state index >= 15 is 0 Å². The van der Waals surface area contributed by atoms with Gasteiger partial charge < -0.3 is 15.4 Å². The molecule has 1 aliphatic rings. The second-order valence-electron chi connectivity index (χ2n) is 5.56. The summed E-state index contributed by atoms with van der Waals surface area (Å²) in [4.78, 5) is 24.9. The summed E-state index contributed by atoms with van der Waals surface area (Å²) in [6.07, 6.45) is 6.62. The number of amides is 2. The predicted octanol–water partition coefficient (Wildman–Crippen LogP) is 1.42. The maximum absolute atomic E-state index is 11.9. The van der Waals surface area contributed by atoms with Gasteiger partial charge in [-0.1, -0.05) is 23.9 Å². The summed E-state index contributed by atoms with van der Waals surface area (Å²) in [7, 11) is 0. The molecule has 0 aliphatic carbocycles. The maximum Gasteiger partial charge on any atom is 0.410 e. The zero-order valence-electron chi connectivity index (χ0n) is 13.8. The standard InChI is InChI=1S/C16H21N5O3/c1-4-5-14(15(17)22)21-10-13(18-19-21)12-6-8-20(9-7-12)16(23)24-11(2)3/h4-6,10-11H,1,7-9H2,2-3H3,(H2,17,22)/b14-5+. The first-order valence-electron chi connectivity index (χ1n) is 7.62. The van der Waals surface area contributed by atoms with Gasteiger partial charge in [-0.15, -0.1) is 5.10 Å². The van der Waals surface area contributed by atoms with Crippen molar-refractivity contribution in [1.82, 2.24) is 19.9 Å². The van der Waals surface area contributed by atoms with Crippen LogP contribution in [-0.4, -0.2) is 51.1 Å². The van der Waals surface area contributed by atoms with Crippen molar-refractivity contribution >= 4 is 23.3 Å². The Labute approximate surface area is 140 Å². The van der Waals surface area contributed by atoms with Gasteiger partial charge in [-0.2, -0.15) is 0 Å². The molecule has 2 amide bonds. The molecular formula is C16H21N5O3. The monoisotopic (exact) mass is 331 g/mol. The van der Waals surface area contributed by atoms with Crippen LogP contribution in [0.2, 0.25) is 0 Å². The normalized spacial score (nSPS) is 15.2. The Bertz CT molecular complexity index is 702. The molecule has 128 valence electrons. The van der Waals surface area contributed by atoms with Crippen LogP contribution in [0.25, 0.3) is 11.3 Å². The quantitative estimate of drug-likeness (QED) is 0.649. The van der Waals surface area contributed by atoms with E-state index in [0.29, 0.717) is 25.2 Å². The van der Waals surface area contributed by atoms with E-state index in [9.17, 15) is 9.59 Å². The summed E-state index contributed by atoms with van der Waals surface area (Å²) in [5, 5.41) is 8.00. The lowest BCUT2D eigenvalue weighted by atomic mass is 10.1. The number of rotatable bonds is 5. The number of hydrogen-bond acceptors (Lipinski definition) is 5. The highest BCUT2D eigenvalue weighted by Crippen LogP contribution is 2.21. The number of nitrogens with two attached hydrogens (primary N) is 1. The molecule has 8 heteroatoms. The maximum atomic E-state index is 11.9. The van der Waals surface area contributed by atoms with Crippen molar-refractivity contribution in [3.8, 4) is 0 Å². The smallest absolute Gasteiger partial charge is 0.410 e. The fourth-order valence-corrected chi connectivity index (χ4v) is 2.26. The highest BCUT2D eigenvalue weighted by molar-refractivity contribution is 6.12. The van der Waals surface area contributed by atoms with E-state index in [1.807, 2.05) is 19.9 Å². The fraction of sp³-hybridized carbons (Fsp3) is 0.375. The van der Waals surface area contributed by atoms with Crippen LogP contribution in [-0.2, 0) is 9.53 Å². The number of aromatic nitrogens is 3. The Morgan fingerprint density at radius 1 is 1.46 bits per heavy atom. The second-order valence-corrected chi connectivity index (χ2v) is 5.56. The highest BCUT2D eigenvalue weighted by Gasteiger charge is 2.21. The molecule has 0 spiro atoms. The van der Waals surface area contributed by atoms with E-state index in [-0.39, 0.29) is 17.9 Å². The molecule has 0 aromatic carbocycles. The lowest BCUT2D eigenvalue weighted by molar-refractivity contribution is -0.113. The number of primary amides is 1. The molecular weight excluding hydrogens is 310 g/mol. The predicted molar refractivity (Wildman–Crippen MR) is 89.5 cm³/mol. The fourth-order valence-electron chi connectivity index (χ4n) is 2.26. The van der Waals surface area contributed by atoms with Gasteiger partial charge in [-0.25, -0.2) is 9.48 Å². The molecule has 0 saturated carbocycles. The second kappa shape index (κ2) is 7.58. The van der Waals surface area contributed by atoms with E-state index in [1.165, 1.54) is 16.8 Å². The van der Waals surface area contributed by atoms with Gasteiger partial charge in [-0.05, 0) is 31.9 Å². The Kier molecular flexibility index (Phi) is 5.51. The topological polar surface area (TPSA) is 103 Å². The van der Waals surface area contributed by atoms with Crippen molar-refractivity contribution in [1.29, 1.82) is 0 Å². The highest BCUT2D eigenvalue weighted by atomic mass is 16.6. The van der Waals surface area contributed by atoms with Crippen molar-refractivity contribution in [2.24, 2.45) is 5.73 Å². The zero-order chi connectivity index (χ0) is 17.7. The van der Waals surface area contributed by atoms with Gasteiger partial charge >= 0.3 is 6.09 Å². The zero-order valence-corrected chi connectivity index (χ0v) is 13.8. The molecule has 0 saturated heterocycles. The number of carbonyl (C=O) groups excluding carboxylic acids is 2. The summed E-state index contributed by atoms with van der Waals surface area (Å²) in [5.74, 6) is -0.619. The van der Waals surface area contributed by atoms with Crippen LogP contribution >= 0.6 is 0 Å². The number of carbonyl (C=O) groups is 2. The van der Waals surface area contributed by atoms with Crippen molar-refractivity contribution in [2.45, 2.75) is 26.4 Å². The largest absolute Gasteiger partial charge is 0.447 e. The number of nitrogens with zero attached hydrogens (tertiary/aromatic N) is 4. The lowest BCUT2D eigenvalue weighted by Gasteiger charge is -2.26. The molecule has 0 bridgehead atoms. The average molecular weight is 331 g/mol. The van der Waals surface area contributed by atoms with Gasteiger partial charge in [0.1, 0.15) is 11.4 Å². The Morgan fingerprint density at radius 2 is 2.21 bits per heavy atom. The Morgan fingerprint density at radius 3 is 2.75 bits per heavy atom. The molecule has 2 heterocycles. The summed E-state index contributed by atoms with van der Waals surface area (Å²) >= 11 is 0. The average Bonchev–Trinajstić information content (AvgIpc) is 3.01. The third-order valence-corrected chi connectivity index (χ3v) is 3.40. The number of allylic oxidation sites excluding steroid dienone is 2. The van der Waals surface area contributed by atoms with Gasteiger partial charge in [0.15, 0.2) is 0 Å². The number of hydrogen-bond donors (Lipinski definition) is 1. The minimum Gasteiger partial charge on any atom is -0.447 e. The molecule has 1 aliphatic heterocycles. The molecule has 24 heavy (non-hydrogen) atoms. The minimum absolute atomic E-state index is 0.147. The first-order valence-corrected chi connectivity index (χ1v) is 7.62. The molecule has 1 aromatic rings. The first-order chi connectivity index (χ1) is 11.4. The molecule has 2 rings (SSSR count). The van der Waals surface area contributed by atoms with Crippen LogP contribution in [0, 0.1) is 0 Å². The summed E-state index contributed by atoms with van der Waals surface area (Å²) in [6, 6.07) is 0. The lowest BCUT2D eigenvalue weighted by Crippen LogP contribution is -2.36. The van der Waals surface area contributed by atoms with Crippen LogP contribution < -0.4 is 5.73 Å². The third-order valence-electron chi connectivity index (χ3n) is 3.40. The van der Waals surface area contributed by atoms with Crippen LogP contribution in [0.3, 0.4) is 0 Å². The van der Waals surface area contributed by atoms with Crippen LogP contribution in [0.4, 0.5) is 4.79 Å². The number of ether oxygens (including phenoxy) is 1. The van der Waals surface area contributed by atoms with Crippen molar-refractivity contribution in [3.05, 3.63) is 36.7 Å². The van der Waals surface area contributed by atoms with Crippen molar-refractivity contribution in [2.75, 3.05) is 13.1 Å². The van der Waals surface area contributed by atoms with E-state index in [4.69, 9.17) is 10.5 Å². The SMILES string of the molecule is C=C/C=C(\C(N)=O)n1cc(C2=CCN(C(=O)OC(C)C)CC2)nn1. The van der Waals surface area contributed by atoms with Crippen LogP contribution in [0.15, 0.2) is 31.0 Å². The van der Waals surface area contributed by atoms with Gasteiger partial charge in [0.05, 0.1) is 12.3 Å². The van der Waals surface area contributed by atoms with E-state index < -0.39 is 5.91 Å². The Balaban J connectivity index is 2.10. The van der Waals surface area contributed by atoms with Crippen LogP contribution in [0.5, 0.6) is 0 Å². The molecule has 1 aromatic heterocycles. The third kappa shape index (κ3) is 4.09. The molecule has 2 N–H and O–H groups in total. The Hall–Kier alpha value is -2.90. The van der Waals surface area contributed by atoms with Gasteiger partial charge in [0.2, 0.25) is 0 Å². The first kappa shape index (κ1) is 17.5. The van der Waals surface area contributed by atoms with Gasteiger partial charge in [0, 0.05) is 13.1 Å². The van der Waals surface area contributed by atoms with E-state index in [1.54, 1.807) is 11.1 Å². The van der Waals surface area contributed by atoms with E-state index in [2.05, 4.69) is 16.9 Å². The molecule has 0 radical (unpaired) electrons. The minimum atomic E-state index is -0.619. The molecule has 0 fully saturated rings. The van der Waals surface area contributed by atoms with Crippen molar-refractivity contribution in [3.63, 3.8) is 0 Å². The van der Waals surface area contributed by atoms with Gasteiger partial charge in [-0.3, -0.25) is 4.79 Å².